The van der Waals surface area contributed by atoms with Crippen LogP contribution in [0.1, 0.15) is 39.0 Å². The lowest BCUT2D eigenvalue weighted by Crippen LogP contribution is -2.11. The van der Waals surface area contributed by atoms with Crippen LogP contribution in [0.4, 0.5) is 5.69 Å². The predicted octanol–water partition coefficient (Wildman–Crippen LogP) is 4.15. The van der Waals surface area contributed by atoms with Crippen molar-refractivity contribution in [1.29, 1.82) is 0 Å². The standard InChI is InChI=1S/C15H13N3O.2C2H6/c16-11-5-3-4-10(8-11)9-14-12-6-1-2-7-13(12)15(19)18-17-14;2*1-2/h1-8H,9,16H2,(H,18,19);2*1-2H3. The minimum absolute atomic E-state index is 0.160. The van der Waals surface area contributed by atoms with Crippen molar-refractivity contribution in [2.75, 3.05) is 5.73 Å². The second kappa shape index (κ2) is 9.41. The van der Waals surface area contributed by atoms with Gasteiger partial charge in [0.15, 0.2) is 0 Å². The molecule has 0 amide bonds. The van der Waals surface area contributed by atoms with Gasteiger partial charge in [-0.25, -0.2) is 5.10 Å². The molecule has 1 heterocycles. The summed E-state index contributed by atoms with van der Waals surface area (Å²) in [4.78, 5) is 11.7. The molecule has 0 atom stereocenters. The number of nitrogens with one attached hydrogen (secondary N) is 1. The molecular weight excluding hydrogens is 286 g/mol. The van der Waals surface area contributed by atoms with Crippen molar-refractivity contribution in [2.24, 2.45) is 0 Å². The van der Waals surface area contributed by atoms with Crippen LogP contribution < -0.4 is 11.3 Å². The van der Waals surface area contributed by atoms with Crippen LogP contribution in [0, 0.1) is 0 Å². The van der Waals surface area contributed by atoms with Gasteiger partial charge in [-0.15, -0.1) is 0 Å². The van der Waals surface area contributed by atoms with Crippen LogP contribution in [0.3, 0.4) is 0 Å². The SMILES string of the molecule is CC.CC.Nc1cccc(Cc2n[nH]c(=O)c3ccccc23)c1. The van der Waals surface area contributed by atoms with Crippen LogP contribution in [0.15, 0.2) is 53.3 Å². The minimum atomic E-state index is -0.160. The van der Waals surface area contributed by atoms with E-state index in [9.17, 15) is 4.79 Å². The molecule has 0 bridgehead atoms. The van der Waals surface area contributed by atoms with Gasteiger partial charge < -0.3 is 5.73 Å². The van der Waals surface area contributed by atoms with E-state index in [2.05, 4.69) is 10.2 Å². The first-order chi connectivity index (χ1) is 11.2. The second-order valence-corrected chi connectivity index (χ2v) is 4.47. The van der Waals surface area contributed by atoms with Crippen LogP contribution in [0.5, 0.6) is 0 Å². The number of aromatic nitrogens is 2. The number of aromatic amines is 1. The summed E-state index contributed by atoms with van der Waals surface area (Å²) in [5.74, 6) is 0. The largest absolute Gasteiger partial charge is 0.399 e. The van der Waals surface area contributed by atoms with E-state index in [1.165, 1.54) is 0 Å². The molecule has 0 aliphatic heterocycles. The monoisotopic (exact) mass is 311 g/mol. The molecule has 3 aromatic rings. The quantitative estimate of drug-likeness (QED) is 0.698. The van der Waals surface area contributed by atoms with Gasteiger partial charge in [0.2, 0.25) is 0 Å². The van der Waals surface area contributed by atoms with E-state index >= 15 is 0 Å². The lowest BCUT2D eigenvalue weighted by atomic mass is 10.0. The maximum absolute atomic E-state index is 11.7. The molecule has 0 spiro atoms. The Kier molecular flexibility index (Phi) is 7.54. The van der Waals surface area contributed by atoms with Crippen molar-refractivity contribution in [3.05, 3.63) is 70.1 Å². The smallest absolute Gasteiger partial charge is 0.272 e. The molecule has 0 saturated heterocycles. The van der Waals surface area contributed by atoms with Gasteiger partial charge in [0.05, 0.1) is 11.1 Å². The van der Waals surface area contributed by atoms with Crippen LogP contribution in [-0.2, 0) is 6.42 Å². The third-order valence-corrected chi connectivity index (χ3v) is 3.10. The van der Waals surface area contributed by atoms with Gasteiger partial charge in [-0.1, -0.05) is 58.0 Å². The highest BCUT2D eigenvalue weighted by Crippen LogP contribution is 2.17. The molecule has 0 aliphatic rings. The van der Waals surface area contributed by atoms with Crippen molar-refractivity contribution in [1.82, 2.24) is 10.2 Å². The molecule has 0 radical (unpaired) electrons. The summed E-state index contributed by atoms with van der Waals surface area (Å²) in [5, 5.41) is 8.24. The summed E-state index contributed by atoms with van der Waals surface area (Å²) in [5.41, 5.74) is 8.26. The summed E-state index contributed by atoms with van der Waals surface area (Å²) < 4.78 is 0. The lowest BCUT2D eigenvalue weighted by Gasteiger charge is -2.05. The number of anilines is 1. The van der Waals surface area contributed by atoms with Gasteiger partial charge in [0, 0.05) is 17.5 Å². The highest BCUT2D eigenvalue weighted by molar-refractivity contribution is 5.83. The minimum Gasteiger partial charge on any atom is -0.399 e. The molecule has 4 heteroatoms. The predicted molar refractivity (Wildman–Crippen MR) is 98.7 cm³/mol. The third-order valence-electron chi connectivity index (χ3n) is 3.10. The maximum atomic E-state index is 11.7. The Morgan fingerprint density at radius 2 is 1.61 bits per heavy atom. The Bertz CT molecular complexity index is 794. The topological polar surface area (TPSA) is 71.8 Å². The van der Waals surface area contributed by atoms with E-state index in [1.807, 2.05) is 70.2 Å². The molecule has 2 aromatic carbocycles. The summed E-state index contributed by atoms with van der Waals surface area (Å²) >= 11 is 0. The fraction of sp³-hybridized carbons (Fsp3) is 0.263. The molecule has 23 heavy (non-hydrogen) atoms. The van der Waals surface area contributed by atoms with Gasteiger partial charge in [0.1, 0.15) is 0 Å². The summed E-state index contributed by atoms with van der Waals surface area (Å²) in [6.45, 7) is 8.00. The van der Waals surface area contributed by atoms with E-state index in [-0.39, 0.29) is 5.56 Å². The number of fused-ring (bicyclic) bond motifs is 1. The zero-order chi connectivity index (χ0) is 17.2. The normalized spacial score (nSPS) is 9.39. The molecular formula is C19H25N3O. The van der Waals surface area contributed by atoms with E-state index in [1.54, 1.807) is 6.07 Å². The second-order valence-electron chi connectivity index (χ2n) is 4.47. The Morgan fingerprint density at radius 1 is 0.957 bits per heavy atom. The number of H-pyrrole nitrogens is 1. The molecule has 0 fully saturated rings. The van der Waals surface area contributed by atoms with Gasteiger partial charge in [-0.2, -0.15) is 5.10 Å². The number of nitrogens with two attached hydrogens (primary N) is 1. The maximum Gasteiger partial charge on any atom is 0.272 e. The molecule has 0 unspecified atom stereocenters. The molecule has 3 N–H and O–H groups in total. The van der Waals surface area contributed by atoms with Crippen molar-refractivity contribution >= 4 is 16.5 Å². The Balaban J connectivity index is 0.000000615. The third kappa shape index (κ3) is 4.68. The van der Waals surface area contributed by atoms with Crippen LogP contribution >= 0.6 is 0 Å². The Labute approximate surface area is 137 Å². The van der Waals surface area contributed by atoms with Crippen LogP contribution in [0.2, 0.25) is 0 Å². The number of rotatable bonds is 2. The summed E-state index contributed by atoms with van der Waals surface area (Å²) in [6.07, 6.45) is 0.641. The average molecular weight is 311 g/mol. The molecule has 0 saturated carbocycles. The van der Waals surface area contributed by atoms with Crippen molar-refractivity contribution < 1.29 is 0 Å². The Morgan fingerprint density at radius 3 is 2.26 bits per heavy atom. The lowest BCUT2D eigenvalue weighted by molar-refractivity contribution is 0.934. The van der Waals surface area contributed by atoms with Crippen molar-refractivity contribution in [3.63, 3.8) is 0 Å². The number of hydrogen-bond donors (Lipinski definition) is 2. The number of nitrogens with zero attached hydrogens (tertiary/aromatic N) is 1. The number of benzene rings is 2. The summed E-state index contributed by atoms with van der Waals surface area (Å²) in [6, 6.07) is 15.2. The molecule has 3 rings (SSSR count). The highest BCUT2D eigenvalue weighted by Gasteiger charge is 2.06. The van der Waals surface area contributed by atoms with Gasteiger partial charge in [-0.3, -0.25) is 4.79 Å². The molecule has 4 nitrogen and oxygen atoms in total. The van der Waals surface area contributed by atoms with Crippen molar-refractivity contribution in [3.8, 4) is 0 Å². The Hall–Kier alpha value is -2.62. The molecule has 122 valence electrons. The zero-order valence-electron chi connectivity index (χ0n) is 14.3. The molecule has 1 aromatic heterocycles. The highest BCUT2D eigenvalue weighted by atomic mass is 16.1. The molecule has 0 aliphatic carbocycles. The van der Waals surface area contributed by atoms with Gasteiger partial charge >= 0.3 is 0 Å². The van der Waals surface area contributed by atoms with E-state index < -0.39 is 0 Å². The van der Waals surface area contributed by atoms with E-state index in [0.717, 1.165) is 22.3 Å². The van der Waals surface area contributed by atoms with Crippen LogP contribution in [-0.4, -0.2) is 10.2 Å². The van der Waals surface area contributed by atoms with Crippen molar-refractivity contribution in [2.45, 2.75) is 34.1 Å². The number of hydrogen-bond acceptors (Lipinski definition) is 3. The summed E-state index contributed by atoms with van der Waals surface area (Å²) in [7, 11) is 0. The average Bonchev–Trinajstić information content (AvgIpc) is 2.61. The number of nitrogen functional groups attached to an aromatic ring is 1. The zero-order valence-corrected chi connectivity index (χ0v) is 14.3. The van der Waals surface area contributed by atoms with E-state index in [4.69, 9.17) is 5.73 Å². The van der Waals surface area contributed by atoms with Gasteiger partial charge in [-0.05, 0) is 23.8 Å². The first-order valence-corrected chi connectivity index (χ1v) is 8.05. The van der Waals surface area contributed by atoms with Crippen LogP contribution in [0.25, 0.3) is 10.8 Å². The van der Waals surface area contributed by atoms with Gasteiger partial charge in [0.25, 0.3) is 5.56 Å². The first-order valence-electron chi connectivity index (χ1n) is 8.05. The first kappa shape index (κ1) is 18.4. The fourth-order valence-corrected chi connectivity index (χ4v) is 2.20. The van der Waals surface area contributed by atoms with E-state index in [0.29, 0.717) is 11.8 Å². The fourth-order valence-electron chi connectivity index (χ4n) is 2.20.